The van der Waals surface area contributed by atoms with Crippen molar-refractivity contribution in [1.29, 1.82) is 0 Å². The SMILES string of the molecule is CN=C(NCCCNC(=O)c1cccs1)N(C)Cc1ccccc1Br.I. The molecule has 0 aliphatic carbocycles. The Bertz CT molecular complexity index is 709. The molecule has 1 aromatic heterocycles. The number of nitrogens with one attached hydrogen (secondary N) is 2. The topological polar surface area (TPSA) is 56.7 Å². The maximum Gasteiger partial charge on any atom is 0.261 e. The highest BCUT2D eigenvalue weighted by molar-refractivity contribution is 14.0. The van der Waals surface area contributed by atoms with Crippen LogP contribution in [0.3, 0.4) is 0 Å². The third-order valence-corrected chi connectivity index (χ3v) is 5.25. The number of aliphatic imine (C=N–C) groups is 1. The maximum atomic E-state index is 11.8. The van der Waals surface area contributed by atoms with E-state index in [9.17, 15) is 4.79 Å². The zero-order valence-corrected chi connectivity index (χ0v) is 19.6. The van der Waals surface area contributed by atoms with Crippen LogP contribution in [0.5, 0.6) is 0 Å². The van der Waals surface area contributed by atoms with Gasteiger partial charge in [-0.25, -0.2) is 0 Å². The van der Waals surface area contributed by atoms with Crippen LogP contribution >= 0.6 is 51.2 Å². The average Bonchev–Trinajstić information content (AvgIpc) is 3.14. The molecule has 0 saturated heterocycles. The van der Waals surface area contributed by atoms with Crippen LogP contribution < -0.4 is 10.6 Å². The Morgan fingerprint density at radius 1 is 1.19 bits per heavy atom. The smallest absolute Gasteiger partial charge is 0.261 e. The van der Waals surface area contributed by atoms with E-state index in [2.05, 4.69) is 42.5 Å². The molecule has 0 spiro atoms. The number of hydrogen-bond donors (Lipinski definition) is 2. The van der Waals surface area contributed by atoms with Gasteiger partial charge < -0.3 is 15.5 Å². The lowest BCUT2D eigenvalue weighted by atomic mass is 10.2. The van der Waals surface area contributed by atoms with E-state index in [1.807, 2.05) is 42.8 Å². The highest BCUT2D eigenvalue weighted by atomic mass is 127. The van der Waals surface area contributed by atoms with Gasteiger partial charge in [0.05, 0.1) is 4.88 Å². The highest BCUT2D eigenvalue weighted by Gasteiger charge is 2.08. The molecule has 0 unspecified atom stereocenters. The number of nitrogens with zero attached hydrogens (tertiary/aromatic N) is 2. The van der Waals surface area contributed by atoms with Gasteiger partial charge in [0.15, 0.2) is 5.96 Å². The standard InChI is InChI=1S/C18H23BrN4OS.HI/c1-20-18(23(2)13-14-7-3-4-8-15(14)19)22-11-6-10-21-17(24)16-9-5-12-25-16;/h3-5,7-9,12H,6,10-11,13H2,1-2H3,(H,20,22)(H,21,24);1H. The van der Waals surface area contributed by atoms with E-state index in [0.29, 0.717) is 6.54 Å². The molecule has 2 rings (SSSR count). The summed E-state index contributed by atoms with van der Waals surface area (Å²) in [7, 11) is 3.78. The van der Waals surface area contributed by atoms with Crippen molar-refractivity contribution >= 4 is 63.1 Å². The predicted octanol–water partition coefficient (Wildman–Crippen LogP) is 3.96. The van der Waals surface area contributed by atoms with Crippen LogP contribution in [0.2, 0.25) is 0 Å². The minimum absolute atomic E-state index is 0. The second-order valence-corrected chi connectivity index (χ2v) is 7.31. The average molecular weight is 551 g/mol. The van der Waals surface area contributed by atoms with Gasteiger partial charge >= 0.3 is 0 Å². The first-order valence-corrected chi connectivity index (χ1v) is 9.76. The number of benzene rings is 1. The van der Waals surface area contributed by atoms with E-state index in [4.69, 9.17) is 0 Å². The number of hydrogen-bond acceptors (Lipinski definition) is 3. The van der Waals surface area contributed by atoms with Crippen LogP contribution in [0.1, 0.15) is 21.7 Å². The van der Waals surface area contributed by atoms with Crippen molar-refractivity contribution in [2.75, 3.05) is 27.2 Å². The zero-order chi connectivity index (χ0) is 18.1. The fourth-order valence-electron chi connectivity index (χ4n) is 2.33. The quantitative estimate of drug-likeness (QED) is 0.237. The minimum Gasteiger partial charge on any atom is -0.356 e. The lowest BCUT2D eigenvalue weighted by Crippen LogP contribution is -2.39. The fourth-order valence-corrected chi connectivity index (χ4v) is 3.38. The molecule has 8 heteroatoms. The van der Waals surface area contributed by atoms with Crippen molar-refractivity contribution in [3.63, 3.8) is 0 Å². The third kappa shape index (κ3) is 7.24. The molecule has 2 N–H and O–H groups in total. The first-order chi connectivity index (χ1) is 12.1. The van der Waals surface area contributed by atoms with E-state index >= 15 is 0 Å². The van der Waals surface area contributed by atoms with E-state index in [-0.39, 0.29) is 29.9 Å². The summed E-state index contributed by atoms with van der Waals surface area (Å²) in [5, 5.41) is 8.16. The van der Waals surface area contributed by atoms with Gasteiger partial charge in [-0.15, -0.1) is 35.3 Å². The van der Waals surface area contributed by atoms with Crippen LogP contribution in [0.15, 0.2) is 51.2 Å². The van der Waals surface area contributed by atoms with Gasteiger partial charge in [-0.3, -0.25) is 9.79 Å². The van der Waals surface area contributed by atoms with E-state index < -0.39 is 0 Å². The summed E-state index contributed by atoms with van der Waals surface area (Å²) >= 11 is 5.02. The Balaban J connectivity index is 0.00000338. The molecule has 0 radical (unpaired) electrons. The van der Waals surface area contributed by atoms with Gasteiger partial charge in [-0.2, -0.15) is 0 Å². The number of rotatable bonds is 7. The summed E-state index contributed by atoms with van der Waals surface area (Å²) in [6.07, 6.45) is 0.832. The first-order valence-electron chi connectivity index (χ1n) is 8.08. The molecule has 0 bridgehead atoms. The molecule has 1 heterocycles. The number of carbonyl (C=O) groups is 1. The molecule has 142 valence electrons. The van der Waals surface area contributed by atoms with Gasteiger partial charge in [0.25, 0.3) is 5.91 Å². The molecular formula is C18H24BrIN4OS. The van der Waals surface area contributed by atoms with Crippen LogP contribution in [-0.4, -0.2) is 44.0 Å². The fraction of sp³-hybridized carbons (Fsp3) is 0.333. The van der Waals surface area contributed by atoms with Gasteiger partial charge in [-0.1, -0.05) is 40.2 Å². The Hall–Kier alpha value is -1.13. The van der Waals surface area contributed by atoms with Gasteiger partial charge in [-0.05, 0) is 29.5 Å². The number of carbonyl (C=O) groups excluding carboxylic acids is 1. The van der Waals surface area contributed by atoms with Crippen molar-refractivity contribution in [1.82, 2.24) is 15.5 Å². The normalized spacial score (nSPS) is 10.8. The van der Waals surface area contributed by atoms with Gasteiger partial charge in [0.1, 0.15) is 0 Å². The summed E-state index contributed by atoms with van der Waals surface area (Å²) in [4.78, 5) is 19.0. The minimum atomic E-state index is -0.00886. The molecule has 0 atom stereocenters. The zero-order valence-electron chi connectivity index (χ0n) is 14.9. The van der Waals surface area contributed by atoms with Crippen LogP contribution in [0, 0.1) is 0 Å². The summed E-state index contributed by atoms with van der Waals surface area (Å²) in [5.41, 5.74) is 1.20. The maximum absolute atomic E-state index is 11.8. The highest BCUT2D eigenvalue weighted by Crippen LogP contribution is 2.17. The second kappa shape index (κ2) is 12.3. The molecule has 26 heavy (non-hydrogen) atoms. The largest absolute Gasteiger partial charge is 0.356 e. The Kier molecular flexibility index (Phi) is 10.8. The van der Waals surface area contributed by atoms with Crippen molar-refractivity contribution in [3.05, 3.63) is 56.7 Å². The summed E-state index contributed by atoms with van der Waals surface area (Å²) in [6, 6.07) is 11.9. The Labute approximate surface area is 184 Å². The predicted molar refractivity (Wildman–Crippen MR) is 124 cm³/mol. The molecule has 0 aliphatic heterocycles. The number of amides is 1. The third-order valence-electron chi connectivity index (χ3n) is 3.61. The second-order valence-electron chi connectivity index (χ2n) is 5.51. The number of guanidine groups is 1. The van der Waals surface area contributed by atoms with Crippen molar-refractivity contribution < 1.29 is 4.79 Å². The monoisotopic (exact) mass is 550 g/mol. The molecule has 0 fully saturated rings. The van der Waals surface area contributed by atoms with E-state index in [1.54, 1.807) is 7.05 Å². The summed E-state index contributed by atoms with van der Waals surface area (Å²) in [6.45, 7) is 2.14. The molecule has 2 aromatic rings. The van der Waals surface area contributed by atoms with E-state index in [1.165, 1.54) is 16.9 Å². The molecule has 1 amide bonds. The number of thiophene rings is 1. The Morgan fingerprint density at radius 2 is 1.92 bits per heavy atom. The van der Waals surface area contributed by atoms with Crippen molar-refractivity contribution in [2.45, 2.75) is 13.0 Å². The molecule has 0 aliphatic rings. The molecule has 1 aromatic carbocycles. The Morgan fingerprint density at radius 3 is 2.58 bits per heavy atom. The van der Waals surface area contributed by atoms with Gasteiger partial charge in [0, 0.05) is 38.2 Å². The lowest BCUT2D eigenvalue weighted by Gasteiger charge is -2.22. The van der Waals surface area contributed by atoms with Crippen molar-refractivity contribution in [3.8, 4) is 0 Å². The van der Waals surface area contributed by atoms with Crippen molar-refractivity contribution in [2.24, 2.45) is 4.99 Å². The molecular weight excluding hydrogens is 527 g/mol. The summed E-state index contributed by atoms with van der Waals surface area (Å²) in [5.74, 6) is 0.825. The van der Waals surface area contributed by atoms with Crippen LogP contribution in [0.25, 0.3) is 0 Å². The van der Waals surface area contributed by atoms with E-state index in [0.717, 1.165) is 34.8 Å². The molecule has 5 nitrogen and oxygen atoms in total. The molecule has 0 saturated carbocycles. The van der Waals surface area contributed by atoms with Crippen LogP contribution in [-0.2, 0) is 6.54 Å². The number of halogens is 2. The summed E-state index contributed by atoms with van der Waals surface area (Å²) < 4.78 is 1.09. The first kappa shape index (κ1) is 22.9. The van der Waals surface area contributed by atoms with Crippen LogP contribution in [0.4, 0.5) is 0 Å². The van der Waals surface area contributed by atoms with Gasteiger partial charge in [0.2, 0.25) is 0 Å². The lowest BCUT2D eigenvalue weighted by molar-refractivity contribution is 0.0957.